The van der Waals surface area contributed by atoms with Gasteiger partial charge in [-0.05, 0) is 47.0 Å². The number of amides is 1. The molecule has 2 fully saturated rings. The van der Waals surface area contributed by atoms with Crippen molar-refractivity contribution in [2.45, 2.75) is 76.8 Å². The first-order chi connectivity index (χ1) is 7.85. The number of carbonyl (C=O) groups is 1. The van der Waals surface area contributed by atoms with Crippen LogP contribution < -0.4 is 10.6 Å². The maximum absolute atomic E-state index is 11.9. The van der Waals surface area contributed by atoms with Crippen molar-refractivity contribution in [3.05, 3.63) is 0 Å². The fraction of sp³-hybridized carbons (Fsp3) is 0.923. The molecule has 4 unspecified atom stereocenters. The Hall–Kier alpha value is -0.610. The molecule has 2 aliphatic rings. The number of fused-ring (bicyclic) bond motifs is 2. The van der Waals surface area contributed by atoms with Crippen LogP contribution in [0.15, 0.2) is 0 Å². The predicted octanol–water partition coefficient (Wildman–Crippen LogP) is 1.20. The van der Waals surface area contributed by atoms with Gasteiger partial charge in [0.25, 0.3) is 0 Å². The van der Waals surface area contributed by atoms with E-state index in [0.29, 0.717) is 18.2 Å². The highest BCUT2D eigenvalue weighted by Crippen LogP contribution is 2.34. The highest BCUT2D eigenvalue weighted by atomic mass is 16.5. The zero-order valence-electron chi connectivity index (χ0n) is 11.2. The summed E-state index contributed by atoms with van der Waals surface area (Å²) in [4.78, 5) is 11.9. The molecular weight excluding hydrogens is 216 g/mol. The van der Waals surface area contributed by atoms with Gasteiger partial charge in [0.1, 0.15) is 0 Å². The summed E-state index contributed by atoms with van der Waals surface area (Å²) in [6.45, 7) is 7.92. The van der Waals surface area contributed by atoms with Crippen molar-refractivity contribution in [1.29, 1.82) is 0 Å². The summed E-state index contributed by atoms with van der Waals surface area (Å²) in [6, 6.07) is 0.205. The van der Waals surface area contributed by atoms with Gasteiger partial charge in [-0.1, -0.05) is 0 Å². The number of hydrogen-bond donors (Lipinski definition) is 2. The largest absolute Gasteiger partial charge is 0.373 e. The molecule has 0 aromatic carbocycles. The monoisotopic (exact) mass is 240 g/mol. The van der Waals surface area contributed by atoms with E-state index in [2.05, 4.69) is 10.6 Å². The second-order valence-electron chi connectivity index (χ2n) is 6.34. The minimum absolute atomic E-state index is 0.0697. The molecule has 0 radical (unpaired) electrons. The molecule has 0 aromatic rings. The number of ether oxygens (including phenoxy) is 1. The Kier molecular flexibility index (Phi) is 3.46. The molecule has 0 aromatic heterocycles. The molecule has 4 atom stereocenters. The van der Waals surface area contributed by atoms with Crippen LogP contribution in [0.1, 0.15) is 47.0 Å². The maximum Gasteiger partial charge on any atom is 0.237 e. The second-order valence-corrected chi connectivity index (χ2v) is 6.34. The standard InChI is InChI=1S/C13H24N2O2/c1-8(12(16)15-13(2,3)4)14-10-7-9-5-6-11(10)17-9/h8-11,14H,5-7H2,1-4H3,(H,15,16). The Balaban J connectivity index is 1.81. The normalized spacial score (nSPS) is 33.8. The van der Waals surface area contributed by atoms with Crippen molar-refractivity contribution >= 4 is 5.91 Å². The molecule has 2 rings (SSSR count). The zero-order valence-corrected chi connectivity index (χ0v) is 11.2. The van der Waals surface area contributed by atoms with Crippen LogP contribution in [0.5, 0.6) is 0 Å². The van der Waals surface area contributed by atoms with Gasteiger partial charge >= 0.3 is 0 Å². The molecule has 1 amide bonds. The van der Waals surface area contributed by atoms with Crippen molar-refractivity contribution < 1.29 is 9.53 Å². The summed E-state index contributed by atoms with van der Waals surface area (Å²) in [7, 11) is 0. The van der Waals surface area contributed by atoms with E-state index < -0.39 is 0 Å². The quantitative estimate of drug-likeness (QED) is 0.779. The molecule has 2 aliphatic heterocycles. The molecule has 4 nitrogen and oxygen atoms in total. The van der Waals surface area contributed by atoms with Gasteiger partial charge in [-0.25, -0.2) is 0 Å². The fourth-order valence-electron chi connectivity index (χ4n) is 2.69. The lowest BCUT2D eigenvalue weighted by Gasteiger charge is -2.27. The van der Waals surface area contributed by atoms with E-state index in [0.717, 1.165) is 12.8 Å². The summed E-state index contributed by atoms with van der Waals surface area (Å²) in [6.07, 6.45) is 4.12. The fourth-order valence-corrected chi connectivity index (χ4v) is 2.69. The predicted molar refractivity (Wildman–Crippen MR) is 66.8 cm³/mol. The lowest BCUT2D eigenvalue weighted by atomic mass is 9.95. The third kappa shape index (κ3) is 3.19. The number of hydrogen-bond acceptors (Lipinski definition) is 3. The average molecular weight is 240 g/mol. The molecule has 2 heterocycles. The molecule has 0 aliphatic carbocycles. The van der Waals surface area contributed by atoms with E-state index in [1.165, 1.54) is 6.42 Å². The molecule has 2 saturated heterocycles. The number of carbonyl (C=O) groups excluding carboxylic acids is 1. The molecule has 4 heteroatoms. The van der Waals surface area contributed by atoms with Crippen molar-refractivity contribution in [2.24, 2.45) is 0 Å². The summed E-state index contributed by atoms with van der Waals surface area (Å²) < 4.78 is 5.77. The smallest absolute Gasteiger partial charge is 0.237 e. The van der Waals surface area contributed by atoms with E-state index >= 15 is 0 Å². The topological polar surface area (TPSA) is 50.4 Å². The van der Waals surface area contributed by atoms with Crippen molar-refractivity contribution in [3.8, 4) is 0 Å². The first-order valence-electron chi connectivity index (χ1n) is 6.59. The highest BCUT2D eigenvalue weighted by molar-refractivity contribution is 5.81. The summed E-state index contributed by atoms with van der Waals surface area (Å²) in [5.41, 5.74) is -0.168. The molecule has 2 bridgehead atoms. The van der Waals surface area contributed by atoms with Crippen molar-refractivity contribution in [1.82, 2.24) is 10.6 Å². The van der Waals surface area contributed by atoms with E-state index in [4.69, 9.17) is 4.74 Å². The van der Waals surface area contributed by atoms with Crippen molar-refractivity contribution in [3.63, 3.8) is 0 Å². The second kappa shape index (κ2) is 4.58. The Morgan fingerprint density at radius 2 is 2.06 bits per heavy atom. The molecular formula is C13H24N2O2. The number of nitrogens with one attached hydrogen (secondary N) is 2. The van der Waals surface area contributed by atoms with Gasteiger partial charge in [0.2, 0.25) is 5.91 Å². The third-order valence-electron chi connectivity index (χ3n) is 3.46. The van der Waals surface area contributed by atoms with Crippen LogP contribution in [0.2, 0.25) is 0 Å². The van der Waals surface area contributed by atoms with Gasteiger partial charge < -0.3 is 15.4 Å². The Morgan fingerprint density at radius 3 is 2.53 bits per heavy atom. The minimum Gasteiger partial charge on any atom is -0.373 e. The van der Waals surface area contributed by atoms with Crippen LogP contribution in [0, 0.1) is 0 Å². The molecule has 0 saturated carbocycles. The maximum atomic E-state index is 11.9. The lowest BCUT2D eigenvalue weighted by Crippen LogP contribution is -2.53. The molecule has 2 N–H and O–H groups in total. The summed E-state index contributed by atoms with van der Waals surface area (Å²) in [5, 5.41) is 6.39. The summed E-state index contributed by atoms with van der Waals surface area (Å²) in [5.74, 6) is 0.0697. The van der Waals surface area contributed by atoms with Gasteiger partial charge in [0, 0.05) is 11.6 Å². The Bertz CT molecular complexity index is 298. The van der Waals surface area contributed by atoms with Crippen LogP contribution in [-0.4, -0.2) is 35.7 Å². The van der Waals surface area contributed by atoms with E-state index in [1.54, 1.807) is 0 Å². The Labute approximate surface area is 103 Å². The van der Waals surface area contributed by atoms with Crippen LogP contribution in [0.3, 0.4) is 0 Å². The Morgan fingerprint density at radius 1 is 1.35 bits per heavy atom. The molecule has 17 heavy (non-hydrogen) atoms. The highest BCUT2D eigenvalue weighted by Gasteiger charge is 2.41. The average Bonchev–Trinajstić information content (AvgIpc) is 2.76. The minimum atomic E-state index is -0.168. The van der Waals surface area contributed by atoms with Gasteiger partial charge in [-0.3, -0.25) is 4.79 Å². The van der Waals surface area contributed by atoms with Gasteiger partial charge in [0.05, 0.1) is 18.2 Å². The molecule has 0 spiro atoms. The van der Waals surface area contributed by atoms with Crippen LogP contribution >= 0.6 is 0 Å². The molecule has 98 valence electrons. The van der Waals surface area contributed by atoms with E-state index in [1.807, 2.05) is 27.7 Å². The van der Waals surface area contributed by atoms with Gasteiger partial charge in [-0.2, -0.15) is 0 Å². The van der Waals surface area contributed by atoms with E-state index in [-0.39, 0.29) is 17.5 Å². The van der Waals surface area contributed by atoms with Crippen molar-refractivity contribution in [2.75, 3.05) is 0 Å². The van der Waals surface area contributed by atoms with Gasteiger partial charge in [-0.15, -0.1) is 0 Å². The SMILES string of the molecule is CC(NC1CC2CCC1O2)C(=O)NC(C)(C)C. The van der Waals surface area contributed by atoms with Crippen LogP contribution in [0.4, 0.5) is 0 Å². The third-order valence-corrected chi connectivity index (χ3v) is 3.46. The van der Waals surface area contributed by atoms with Crippen LogP contribution in [-0.2, 0) is 9.53 Å². The zero-order chi connectivity index (χ0) is 12.6. The van der Waals surface area contributed by atoms with Gasteiger partial charge in [0.15, 0.2) is 0 Å². The summed E-state index contributed by atoms with van der Waals surface area (Å²) >= 11 is 0. The first kappa shape index (κ1) is 12.8. The van der Waals surface area contributed by atoms with E-state index in [9.17, 15) is 4.79 Å². The first-order valence-corrected chi connectivity index (χ1v) is 6.59. The number of rotatable bonds is 3. The van der Waals surface area contributed by atoms with Crippen LogP contribution in [0.25, 0.3) is 0 Å². The lowest BCUT2D eigenvalue weighted by molar-refractivity contribution is -0.124.